The Labute approximate surface area is 112 Å². The lowest BCUT2D eigenvalue weighted by Crippen LogP contribution is -2.31. The molecule has 94 valence electrons. The zero-order chi connectivity index (χ0) is 13.0. The van der Waals surface area contributed by atoms with Gasteiger partial charge in [-0.05, 0) is 36.0 Å². The van der Waals surface area contributed by atoms with Gasteiger partial charge in [-0.15, -0.1) is 11.3 Å². The number of hydrogen-bond acceptors (Lipinski definition) is 3. The zero-order valence-corrected chi connectivity index (χ0v) is 11.3. The summed E-state index contributed by atoms with van der Waals surface area (Å²) in [7, 11) is -1.41. The summed E-state index contributed by atoms with van der Waals surface area (Å²) in [6, 6.07) is 11.6. The minimum absolute atomic E-state index is 0.571. The number of thiophene rings is 1. The smallest absolute Gasteiger partial charge is 0.423 e. The Morgan fingerprint density at radius 1 is 1.11 bits per heavy atom. The standard InChI is InChI=1S/C14H17BO2S/c1-2-3-6-11-9-10-14(18-11)12-7-4-5-8-13(12)15(16)17/h4-5,7-10,16-17H,2-3,6H2,1H3. The van der Waals surface area contributed by atoms with Crippen molar-refractivity contribution < 1.29 is 10.0 Å². The molecular weight excluding hydrogens is 243 g/mol. The average molecular weight is 260 g/mol. The van der Waals surface area contributed by atoms with E-state index in [9.17, 15) is 10.0 Å². The maximum atomic E-state index is 9.37. The van der Waals surface area contributed by atoms with Crippen LogP contribution < -0.4 is 5.46 Å². The number of benzene rings is 1. The number of hydrogen-bond donors (Lipinski definition) is 2. The van der Waals surface area contributed by atoms with E-state index in [0.29, 0.717) is 5.46 Å². The van der Waals surface area contributed by atoms with Gasteiger partial charge in [0.1, 0.15) is 0 Å². The highest BCUT2D eigenvalue weighted by atomic mass is 32.1. The average Bonchev–Trinajstić information content (AvgIpc) is 2.85. The Bertz CT molecular complexity index is 508. The van der Waals surface area contributed by atoms with Gasteiger partial charge in [-0.25, -0.2) is 0 Å². The third kappa shape index (κ3) is 3.02. The van der Waals surface area contributed by atoms with E-state index in [-0.39, 0.29) is 0 Å². The van der Waals surface area contributed by atoms with Crippen LogP contribution in [-0.4, -0.2) is 17.2 Å². The van der Waals surface area contributed by atoms with Gasteiger partial charge in [-0.1, -0.05) is 37.6 Å². The highest BCUT2D eigenvalue weighted by Crippen LogP contribution is 2.28. The van der Waals surface area contributed by atoms with Crippen LogP contribution >= 0.6 is 11.3 Å². The molecule has 0 atom stereocenters. The minimum atomic E-state index is -1.41. The number of aryl methyl sites for hydroxylation is 1. The van der Waals surface area contributed by atoms with Crippen LogP contribution in [0.1, 0.15) is 24.6 Å². The van der Waals surface area contributed by atoms with Crippen molar-refractivity contribution in [3.8, 4) is 10.4 Å². The molecule has 1 aromatic heterocycles. The van der Waals surface area contributed by atoms with Gasteiger partial charge in [0.05, 0.1) is 0 Å². The molecule has 0 radical (unpaired) electrons. The van der Waals surface area contributed by atoms with Gasteiger partial charge in [-0.3, -0.25) is 0 Å². The van der Waals surface area contributed by atoms with Crippen LogP contribution in [0, 0.1) is 0 Å². The largest absolute Gasteiger partial charge is 0.489 e. The van der Waals surface area contributed by atoms with Crippen molar-refractivity contribution in [1.29, 1.82) is 0 Å². The Hall–Kier alpha value is -1.10. The molecule has 1 heterocycles. The van der Waals surface area contributed by atoms with Gasteiger partial charge in [0.15, 0.2) is 0 Å². The molecule has 18 heavy (non-hydrogen) atoms. The van der Waals surface area contributed by atoms with Gasteiger partial charge in [0.2, 0.25) is 0 Å². The first kappa shape index (κ1) is 13.3. The molecular formula is C14H17BO2S. The van der Waals surface area contributed by atoms with Crippen LogP contribution in [0.5, 0.6) is 0 Å². The highest BCUT2D eigenvalue weighted by molar-refractivity contribution is 7.15. The van der Waals surface area contributed by atoms with Crippen LogP contribution in [0.25, 0.3) is 10.4 Å². The van der Waals surface area contributed by atoms with Crippen molar-refractivity contribution in [2.45, 2.75) is 26.2 Å². The minimum Gasteiger partial charge on any atom is -0.423 e. The quantitative estimate of drug-likeness (QED) is 0.810. The SMILES string of the molecule is CCCCc1ccc(-c2ccccc2B(O)O)s1. The predicted octanol–water partition coefficient (Wildman–Crippen LogP) is 2.44. The van der Waals surface area contributed by atoms with Crippen molar-refractivity contribution >= 4 is 23.9 Å². The van der Waals surface area contributed by atoms with Gasteiger partial charge in [0.25, 0.3) is 0 Å². The summed E-state index contributed by atoms with van der Waals surface area (Å²) >= 11 is 1.74. The molecule has 2 aromatic rings. The molecule has 0 unspecified atom stereocenters. The van der Waals surface area contributed by atoms with E-state index in [0.717, 1.165) is 16.9 Å². The Kier molecular flexibility index (Phi) is 4.58. The first-order valence-corrected chi connectivity index (χ1v) is 7.08. The van der Waals surface area contributed by atoms with E-state index < -0.39 is 7.12 Å². The van der Waals surface area contributed by atoms with E-state index >= 15 is 0 Å². The van der Waals surface area contributed by atoms with Gasteiger partial charge in [0, 0.05) is 9.75 Å². The molecule has 0 amide bonds. The second-order valence-electron chi connectivity index (χ2n) is 4.33. The van der Waals surface area contributed by atoms with Crippen LogP contribution in [0.4, 0.5) is 0 Å². The lowest BCUT2D eigenvalue weighted by molar-refractivity contribution is 0.426. The number of unbranched alkanes of at least 4 members (excludes halogenated alkanes) is 1. The number of rotatable bonds is 5. The Balaban J connectivity index is 2.28. The van der Waals surface area contributed by atoms with E-state index in [4.69, 9.17) is 0 Å². The van der Waals surface area contributed by atoms with E-state index in [1.165, 1.54) is 17.7 Å². The molecule has 2 N–H and O–H groups in total. The summed E-state index contributed by atoms with van der Waals surface area (Å²) < 4.78 is 0. The topological polar surface area (TPSA) is 40.5 Å². The molecule has 0 aliphatic carbocycles. The van der Waals surface area contributed by atoms with Crippen molar-refractivity contribution in [1.82, 2.24) is 0 Å². The summed E-state index contributed by atoms with van der Waals surface area (Å²) in [5.41, 5.74) is 1.49. The summed E-state index contributed by atoms with van der Waals surface area (Å²) in [5, 5.41) is 18.7. The van der Waals surface area contributed by atoms with E-state index in [1.54, 1.807) is 17.4 Å². The first-order valence-electron chi connectivity index (χ1n) is 6.26. The fourth-order valence-corrected chi connectivity index (χ4v) is 3.05. The fourth-order valence-electron chi connectivity index (χ4n) is 1.95. The highest BCUT2D eigenvalue weighted by Gasteiger charge is 2.17. The van der Waals surface area contributed by atoms with Crippen LogP contribution in [0.2, 0.25) is 0 Å². The molecule has 2 rings (SSSR count). The zero-order valence-electron chi connectivity index (χ0n) is 10.5. The van der Waals surface area contributed by atoms with Crippen molar-refractivity contribution in [2.75, 3.05) is 0 Å². The van der Waals surface area contributed by atoms with Crippen LogP contribution in [-0.2, 0) is 6.42 Å². The lowest BCUT2D eigenvalue weighted by Gasteiger charge is -2.06. The summed E-state index contributed by atoms with van der Waals surface area (Å²) in [6.45, 7) is 2.19. The lowest BCUT2D eigenvalue weighted by atomic mass is 9.77. The summed E-state index contributed by atoms with van der Waals surface area (Å²) in [6.07, 6.45) is 3.49. The van der Waals surface area contributed by atoms with E-state index in [1.807, 2.05) is 18.2 Å². The second kappa shape index (κ2) is 6.18. The van der Waals surface area contributed by atoms with Gasteiger partial charge >= 0.3 is 7.12 Å². The van der Waals surface area contributed by atoms with Gasteiger partial charge in [-0.2, -0.15) is 0 Å². The molecule has 0 fully saturated rings. The van der Waals surface area contributed by atoms with E-state index in [2.05, 4.69) is 19.1 Å². The molecule has 0 spiro atoms. The molecule has 0 saturated carbocycles. The Morgan fingerprint density at radius 2 is 1.89 bits per heavy atom. The molecule has 0 bridgehead atoms. The third-order valence-electron chi connectivity index (χ3n) is 2.94. The maximum absolute atomic E-state index is 9.37. The normalized spacial score (nSPS) is 10.6. The molecule has 0 aliphatic rings. The van der Waals surface area contributed by atoms with Crippen molar-refractivity contribution in [3.63, 3.8) is 0 Å². The first-order chi connectivity index (χ1) is 8.72. The third-order valence-corrected chi connectivity index (χ3v) is 4.12. The maximum Gasteiger partial charge on any atom is 0.489 e. The van der Waals surface area contributed by atoms with Crippen LogP contribution in [0.15, 0.2) is 36.4 Å². The molecule has 2 nitrogen and oxygen atoms in total. The summed E-state index contributed by atoms with van der Waals surface area (Å²) in [5.74, 6) is 0. The molecule has 4 heteroatoms. The molecule has 0 saturated heterocycles. The Morgan fingerprint density at radius 3 is 2.61 bits per heavy atom. The monoisotopic (exact) mass is 260 g/mol. The fraction of sp³-hybridized carbons (Fsp3) is 0.286. The van der Waals surface area contributed by atoms with Crippen molar-refractivity contribution in [2.24, 2.45) is 0 Å². The molecule has 0 aliphatic heterocycles. The predicted molar refractivity (Wildman–Crippen MR) is 78.2 cm³/mol. The molecule has 1 aromatic carbocycles. The van der Waals surface area contributed by atoms with Gasteiger partial charge < -0.3 is 10.0 Å². The second-order valence-corrected chi connectivity index (χ2v) is 5.50. The van der Waals surface area contributed by atoms with Crippen molar-refractivity contribution in [3.05, 3.63) is 41.3 Å². The van der Waals surface area contributed by atoms with Crippen LogP contribution in [0.3, 0.4) is 0 Å². The summed E-state index contributed by atoms with van der Waals surface area (Å²) in [4.78, 5) is 2.46.